The smallest absolute Gasteiger partial charge is 0.240 e. The molecule has 0 radical (unpaired) electrons. The third-order valence-corrected chi connectivity index (χ3v) is 2.87. The van der Waals surface area contributed by atoms with E-state index < -0.39 is 5.54 Å². The van der Waals surface area contributed by atoms with E-state index >= 15 is 0 Å². The highest BCUT2D eigenvalue weighted by atomic mass is 16.5. The molecule has 5 heteroatoms. The Hall–Kier alpha value is -0.650. The molecule has 1 aliphatic rings. The van der Waals surface area contributed by atoms with Gasteiger partial charge in [0.25, 0.3) is 0 Å². The van der Waals surface area contributed by atoms with Gasteiger partial charge in [-0.3, -0.25) is 4.79 Å². The van der Waals surface area contributed by atoms with E-state index in [0.29, 0.717) is 13.2 Å². The molecule has 0 aromatic carbocycles. The zero-order valence-electron chi connectivity index (χ0n) is 9.41. The molecule has 0 saturated heterocycles. The fourth-order valence-corrected chi connectivity index (χ4v) is 1.56. The van der Waals surface area contributed by atoms with Crippen molar-refractivity contribution in [2.75, 3.05) is 27.4 Å². The predicted octanol–water partition coefficient (Wildman–Crippen LogP) is -0.355. The highest BCUT2D eigenvalue weighted by Crippen LogP contribution is 2.28. The molecule has 1 saturated carbocycles. The topological polar surface area (TPSA) is 73.6 Å². The van der Waals surface area contributed by atoms with Crippen molar-refractivity contribution in [2.45, 2.75) is 30.9 Å². The third kappa shape index (κ3) is 3.15. The van der Waals surface area contributed by atoms with Gasteiger partial charge in [-0.25, -0.2) is 0 Å². The van der Waals surface area contributed by atoms with E-state index in [-0.39, 0.29) is 12.0 Å². The van der Waals surface area contributed by atoms with Gasteiger partial charge in [0.2, 0.25) is 5.91 Å². The van der Waals surface area contributed by atoms with E-state index in [9.17, 15) is 4.79 Å². The largest absolute Gasteiger partial charge is 0.382 e. The van der Waals surface area contributed by atoms with Crippen molar-refractivity contribution >= 4 is 5.91 Å². The summed E-state index contributed by atoms with van der Waals surface area (Å²) in [4.78, 5) is 11.6. The van der Waals surface area contributed by atoms with Gasteiger partial charge in [0.1, 0.15) is 0 Å². The predicted molar refractivity (Wildman–Crippen MR) is 56.5 cm³/mol. The van der Waals surface area contributed by atoms with E-state index in [4.69, 9.17) is 15.2 Å². The summed E-state index contributed by atoms with van der Waals surface area (Å²) in [7, 11) is 3.20. The van der Waals surface area contributed by atoms with Gasteiger partial charge in [-0.1, -0.05) is 0 Å². The van der Waals surface area contributed by atoms with Crippen molar-refractivity contribution in [3.8, 4) is 0 Å². The van der Waals surface area contributed by atoms with Crippen LogP contribution in [0, 0.1) is 0 Å². The number of hydrogen-bond donors (Lipinski definition) is 2. The molecule has 5 nitrogen and oxygen atoms in total. The Balaban J connectivity index is 2.26. The second kappa shape index (κ2) is 5.44. The Labute approximate surface area is 90.3 Å². The molecule has 0 bridgehead atoms. The van der Waals surface area contributed by atoms with E-state index in [1.165, 1.54) is 0 Å². The van der Waals surface area contributed by atoms with Crippen LogP contribution in [-0.4, -0.2) is 44.9 Å². The molecule has 1 atom stereocenters. The normalized spacial score (nSPS) is 20.5. The number of rotatable bonds is 6. The molecule has 0 aromatic rings. The second-order valence-corrected chi connectivity index (χ2v) is 4.03. The number of hydrogen-bond acceptors (Lipinski definition) is 4. The van der Waals surface area contributed by atoms with Crippen LogP contribution in [0.3, 0.4) is 0 Å². The fraction of sp³-hybridized carbons (Fsp3) is 0.900. The van der Waals surface area contributed by atoms with Crippen LogP contribution in [-0.2, 0) is 14.3 Å². The maximum atomic E-state index is 11.6. The summed E-state index contributed by atoms with van der Waals surface area (Å²) in [5.41, 5.74) is 5.23. The number of nitrogens with one attached hydrogen (secondary N) is 1. The van der Waals surface area contributed by atoms with Crippen molar-refractivity contribution in [1.82, 2.24) is 5.32 Å². The SMILES string of the molecule is COCC(CNC(=O)C1(N)CCC1)OC. The number of carbonyl (C=O) groups excluding carboxylic acids is 1. The van der Waals surface area contributed by atoms with Crippen molar-refractivity contribution in [3.63, 3.8) is 0 Å². The van der Waals surface area contributed by atoms with Crippen LogP contribution in [0.15, 0.2) is 0 Å². The van der Waals surface area contributed by atoms with Crippen molar-refractivity contribution in [2.24, 2.45) is 5.73 Å². The van der Waals surface area contributed by atoms with Gasteiger partial charge in [-0.05, 0) is 19.3 Å². The van der Waals surface area contributed by atoms with Crippen molar-refractivity contribution in [1.29, 1.82) is 0 Å². The molecule has 0 aliphatic heterocycles. The molecule has 1 aliphatic carbocycles. The minimum absolute atomic E-state index is 0.0769. The van der Waals surface area contributed by atoms with Crippen LogP contribution < -0.4 is 11.1 Å². The Kier molecular flexibility index (Phi) is 4.50. The van der Waals surface area contributed by atoms with Crippen LogP contribution in [0.2, 0.25) is 0 Å². The molecule has 0 aromatic heterocycles. The molecule has 88 valence electrons. The first kappa shape index (κ1) is 12.4. The lowest BCUT2D eigenvalue weighted by atomic mass is 9.77. The Bertz CT molecular complexity index is 217. The lowest BCUT2D eigenvalue weighted by Crippen LogP contribution is -2.59. The number of carbonyl (C=O) groups is 1. The molecular weight excluding hydrogens is 196 g/mol. The Morgan fingerprint density at radius 1 is 1.53 bits per heavy atom. The lowest BCUT2D eigenvalue weighted by Gasteiger charge is -2.36. The number of nitrogens with two attached hydrogens (primary N) is 1. The minimum Gasteiger partial charge on any atom is -0.382 e. The van der Waals surface area contributed by atoms with Crippen LogP contribution in [0.5, 0.6) is 0 Å². The first-order valence-electron chi connectivity index (χ1n) is 5.21. The lowest BCUT2D eigenvalue weighted by molar-refractivity contribution is -0.130. The standard InChI is InChI=1S/C10H20N2O3/c1-14-7-8(15-2)6-12-9(13)10(11)4-3-5-10/h8H,3-7,11H2,1-2H3,(H,12,13). The zero-order valence-corrected chi connectivity index (χ0v) is 9.41. The van der Waals surface area contributed by atoms with Gasteiger partial charge in [-0.15, -0.1) is 0 Å². The fourth-order valence-electron chi connectivity index (χ4n) is 1.56. The molecule has 1 amide bonds. The zero-order chi connectivity index (χ0) is 11.3. The molecule has 1 unspecified atom stereocenters. The van der Waals surface area contributed by atoms with Crippen molar-refractivity contribution in [3.05, 3.63) is 0 Å². The third-order valence-electron chi connectivity index (χ3n) is 2.87. The van der Waals surface area contributed by atoms with Crippen LogP contribution in [0.25, 0.3) is 0 Å². The maximum absolute atomic E-state index is 11.6. The number of ether oxygens (including phenoxy) is 2. The molecule has 1 fully saturated rings. The highest BCUT2D eigenvalue weighted by molar-refractivity contribution is 5.86. The first-order chi connectivity index (χ1) is 7.12. The summed E-state index contributed by atoms with van der Waals surface area (Å²) in [6.45, 7) is 0.913. The van der Waals surface area contributed by atoms with E-state index in [2.05, 4.69) is 5.32 Å². The maximum Gasteiger partial charge on any atom is 0.240 e. The first-order valence-corrected chi connectivity index (χ1v) is 5.21. The molecule has 15 heavy (non-hydrogen) atoms. The molecule has 3 N–H and O–H groups in total. The van der Waals surface area contributed by atoms with Crippen LogP contribution in [0.1, 0.15) is 19.3 Å². The second-order valence-electron chi connectivity index (χ2n) is 4.03. The van der Waals surface area contributed by atoms with Crippen molar-refractivity contribution < 1.29 is 14.3 Å². The van der Waals surface area contributed by atoms with Gasteiger partial charge >= 0.3 is 0 Å². The molecular formula is C10H20N2O3. The number of amides is 1. The van der Waals surface area contributed by atoms with E-state index in [0.717, 1.165) is 19.3 Å². The average molecular weight is 216 g/mol. The molecule has 1 rings (SSSR count). The summed E-state index contributed by atoms with van der Waals surface area (Å²) in [5, 5.41) is 2.79. The molecule has 0 spiro atoms. The van der Waals surface area contributed by atoms with Gasteiger partial charge in [0.05, 0.1) is 18.2 Å². The van der Waals surface area contributed by atoms with E-state index in [1.807, 2.05) is 0 Å². The Morgan fingerprint density at radius 3 is 2.60 bits per heavy atom. The van der Waals surface area contributed by atoms with Crippen LogP contribution in [0.4, 0.5) is 0 Å². The van der Waals surface area contributed by atoms with E-state index in [1.54, 1.807) is 14.2 Å². The summed E-state index contributed by atoms with van der Waals surface area (Å²) in [5.74, 6) is -0.0769. The van der Waals surface area contributed by atoms with Gasteiger partial charge in [-0.2, -0.15) is 0 Å². The summed E-state index contributed by atoms with van der Waals surface area (Å²) < 4.78 is 10.1. The van der Waals surface area contributed by atoms with Gasteiger partial charge in [0.15, 0.2) is 0 Å². The summed E-state index contributed by atoms with van der Waals surface area (Å²) in [6, 6.07) is 0. The quantitative estimate of drug-likeness (QED) is 0.636. The Morgan fingerprint density at radius 2 is 2.20 bits per heavy atom. The highest BCUT2D eigenvalue weighted by Gasteiger charge is 2.39. The summed E-state index contributed by atoms with van der Waals surface area (Å²) in [6.07, 6.45) is 2.49. The summed E-state index contributed by atoms with van der Waals surface area (Å²) >= 11 is 0. The number of methoxy groups -OCH3 is 2. The van der Waals surface area contributed by atoms with Crippen LogP contribution >= 0.6 is 0 Å². The van der Waals surface area contributed by atoms with Gasteiger partial charge < -0.3 is 20.5 Å². The average Bonchev–Trinajstić information content (AvgIpc) is 2.20. The van der Waals surface area contributed by atoms with Gasteiger partial charge in [0, 0.05) is 20.8 Å². The molecule has 0 heterocycles. The minimum atomic E-state index is -0.634. The monoisotopic (exact) mass is 216 g/mol.